The highest BCUT2D eigenvalue weighted by atomic mass is 28.4. The number of unbranched alkanes of at least 4 members (excludes halogenated alkanes) is 2. The molecule has 0 amide bonds. The van der Waals surface area contributed by atoms with Crippen molar-refractivity contribution in [3.05, 3.63) is 35.5 Å². The van der Waals surface area contributed by atoms with Gasteiger partial charge in [0.1, 0.15) is 0 Å². The first-order valence-electron chi connectivity index (χ1n) is 9.44. The van der Waals surface area contributed by atoms with Crippen molar-refractivity contribution in [2.45, 2.75) is 84.0 Å². The maximum atomic E-state index is 12.0. The van der Waals surface area contributed by atoms with Gasteiger partial charge in [0.2, 0.25) is 0 Å². The van der Waals surface area contributed by atoms with Crippen molar-refractivity contribution in [2.75, 3.05) is 7.11 Å². The predicted molar refractivity (Wildman–Crippen MR) is 108 cm³/mol. The van der Waals surface area contributed by atoms with E-state index in [2.05, 4.69) is 46.9 Å². The van der Waals surface area contributed by atoms with Crippen LogP contribution in [0.2, 0.25) is 18.1 Å². The minimum absolute atomic E-state index is 0.0725. The number of ether oxygens (including phenoxy) is 1. The van der Waals surface area contributed by atoms with Gasteiger partial charge in [-0.2, -0.15) is 0 Å². The third kappa shape index (κ3) is 6.59. The van der Waals surface area contributed by atoms with E-state index < -0.39 is 8.32 Å². The van der Waals surface area contributed by atoms with Gasteiger partial charge in [-0.25, -0.2) is 4.79 Å². The van der Waals surface area contributed by atoms with Gasteiger partial charge in [-0.15, -0.1) is 0 Å². The molecule has 1 atom stereocenters. The number of rotatable bonds is 8. The fourth-order valence-corrected chi connectivity index (χ4v) is 3.95. The molecule has 142 valence electrons. The molecule has 25 heavy (non-hydrogen) atoms. The van der Waals surface area contributed by atoms with Gasteiger partial charge in [0.15, 0.2) is 8.32 Å². The topological polar surface area (TPSA) is 35.5 Å². The Balaban J connectivity index is 3.02. The molecule has 0 saturated carbocycles. The van der Waals surface area contributed by atoms with Crippen molar-refractivity contribution in [3.8, 4) is 0 Å². The third-order valence-corrected chi connectivity index (χ3v) is 9.77. The Labute approximate surface area is 155 Å². The Morgan fingerprint density at radius 3 is 2.40 bits per heavy atom. The average molecular weight is 365 g/mol. The molecule has 0 aromatic rings. The highest BCUT2D eigenvalue weighted by Gasteiger charge is 2.39. The summed E-state index contributed by atoms with van der Waals surface area (Å²) in [5, 5.41) is 0.165. The first-order valence-corrected chi connectivity index (χ1v) is 12.4. The first-order chi connectivity index (χ1) is 11.6. The summed E-state index contributed by atoms with van der Waals surface area (Å²) < 4.78 is 11.7. The summed E-state index contributed by atoms with van der Waals surface area (Å²) in [7, 11) is -0.450. The summed E-state index contributed by atoms with van der Waals surface area (Å²) in [5.41, 5.74) is 1.88. The standard InChI is InChI=1S/C21H36O3Si/c1-8-9-10-15-19(24-25(6,7)21(2,3)4)17-13-11-12-14-18(16-17)20(22)23-5/h11-14,19H,8-10,15-16H2,1-7H3/t19-/m1/s1. The van der Waals surface area contributed by atoms with Gasteiger partial charge >= 0.3 is 5.97 Å². The molecule has 0 heterocycles. The van der Waals surface area contributed by atoms with Gasteiger partial charge in [-0.3, -0.25) is 0 Å². The van der Waals surface area contributed by atoms with Gasteiger partial charge < -0.3 is 9.16 Å². The first kappa shape index (κ1) is 21.9. The van der Waals surface area contributed by atoms with Crippen LogP contribution in [-0.2, 0) is 14.0 Å². The molecule has 0 saturated heterocycles. The highest BCUT2D eigenvalue weighted by molar-refractivity contribution is 6.74. The van der Waals surface area contributed by atoms with Crippen LogP contribution >= 0.6 is 0 Å². The van der Waals surface area contributed by atoms with E-state index in [-0.39, 0.29) is 17.1 Å². The van der Waals surface area contributed by atoms with Gasteiger partial charge in [0.05, 0.1) is 13.2 Å². The summed E-state index contributed by atoms with van der Waals surface area (Å²) in [6.45, 7) is 13.6. The lowest BCUT2D eigenvalue weighted by Crippen LogP contribution is -2.44. The van der Waals surface area contributed by atoms with E-state index in [1.54, 1.807) is 0 Å². The van der Waals surface area contributed by atoms with Crippen molar-refractivity contribution in [1.82, 2.24) is 0 Å². The van der Waals surface area contributed by atoms with E-state index >= 15 is 0 Å². The van der Waals surface area contributed by atoms with Crippen molar-refractivity contribution in [1.29, 1.82) is 0 Å². The zero-order valence-electron chi connectivity index (χ0n) is 17.1. The Bertz CT molecular complexity index is 536. The Kier molecular flexibility index (Phi) is 8.35. The van der Waals surface area contributed by atoms with Crippen LogP contribution in [0.4, 0.5) is 0 Å². The molecule has 0 aromatic carbocycles. The quantitative estimate of drug-likeness (QED) is 0.303. The number of methoxy groups -OCH3 is 1. The van der Waals surface area contributed by atoms with E-state index in [0.29, 0.717) is 12.0 Å². The van der Waals surface area contributed by atoms with Gasteiger partial charge in [-0.1, -0.05) is 71.3 Å². The van der Waals surface area contributed by atoms with E-state index in [9.17, 15) is 4.79 Å². The number of esters is 1. The summed E-state index contributed by atoms with van der Waals surface area (Å²) >= 11 is 0. The van der Waals surface area contributed by atoms with Crippen molar-refractivity contribution in [3.63, 3.8) is 0 Å². The van der Waals surface area contributed by atoms with Crippen LogP contribution in [-0.4, -0.2) is 27.5 Å². The van der Waals surface area contributed by atoms with Crippen LogP contribution in [0.1, 0.15) is 59.8 Å². The van der Waals surface area contributed by atoms with E-state index in [1.165, 1.54) is 25.5 Å². The van der Waals surface area contributed by atoms with Crippen molar-refractivity contribution in [2.24, 2.45) is 0 Å². The lowest BCUT2D eigenvalue weighted by Gasteiger charge is -2.40. The molecule has 0 radical (unpaired) electrons. The molecule has 0 bridgehead atoms. The molecule has 4 heteroatoms. The number of allylic oxidation sites excluding steroid dienone is 4. The zero-order valence-corrected chi connectivity index (χ0v) is 18.1. The maximum absolute atomic E-state index is 12.0. The molecule has 0 spiro atoms. The summed E-state index contributed by atoms with van der Waals surface area (Å²) in [4.78, 5) is 12.0. The number of carbonyl (C=O) groups excluding carboxylic acids is 1. The molecule has 0 aliphatic heterocycles. The summed E-state index contributed by atoms with van der Waals surface area (Å²) in [6, 6.07) is 0. The van der Waals surface area contributed by atoms with E-state index in [0.717, 1.165) is 12.8 Å². The van der Waals surface area contributed by atoms with E-state index in [4.69, 9.17) is 9.16 Å². The molecule has 1 rings (SSSR count). The SMILES string of the molecule is CCCCC[C@@H](O[Si](C)(C)C(C)(C)C)C1=CC=CC=C(C(=O)OC)C1. The largest absolute Gasteiger partial charge is 0.466 e. The number of carbonyl (C=O) groups is 1. The van der Waals surface area contributed by atoms with Crippen LogP contribution in [0.5, 0.6) is 0 Å². The average Bonchev–Trinajstić information content (AvgIpc) is 2.78. The molecule has 1 aliphatic carbocycles. The second-order valence-electron chi connectivity index (χ2n) is 8.35. The second-order valence-corrected chi connectivity index (χ2v) is 13.1. The normalized spacial score (nSPS) is 16.8. The minimum Gasteiger partial charge on any atom is -0.466 e. The molecule has 0 unspecified atom stereocenters. The predicted octanol–water partition coefficient (Wildman–Crippen LogP) is 5.94. The number of hydrogen-bond donors (Lipinski definition) is 0. The van der Waals surface area contributed by atoms with Crippen LogP contribution in [0.25, 0.3) is 0 Å². The molecular formula is C21H36O3Si. The lowest BCUT2D eigenvalue weighted by molar-refractivity contribution is -0.136. The molecule has 0 N–H and O–H groups in total. The van der Waals surface area contributed by atoms with Crippen LogP contribution < -0.4 is 0 Å². The molecular weight excluding hydrogens is 328 g/mol. The van der Waals surface area contributed by atoms with E-state index in [1.807, 2.05) is 18.2 Å². The van der Waals surface area contributed by atoms with Gasteiger partial charge in [0, 0.05) is 12.0 Å². The highest BCUT2D eigenvalue weighted by Crippen LogP contribution is 2.39. The second kappa shape index (κ2) is 9.53. The van der Waals surface area contributed by atoms with Gasteiger partial charge in [0.25, 0.3) is 0 Å². The minimum atomic E-state index is -1.89. The Morgan fingerprint density at radius 1 is 1.20 bits per heavy atom. The third-order valence-electron chi connectivity index (χ3n) is 5.29. The fraction of sp³-hybridized carbons (Fsp3) is 0.667. The zero-order chi connectivity index (χ0) is 19.1. The Hall–Kier alpha value is -1.13. The summed E-state index contributed by atoms with van der Waals surface area (Å²) in [6.07, 6.45) is 13.1. The van der Waals surface area contributed by atoms with Crippen molar-refractivity contribution < 1.29 is 14.0 Å². The molecule has 0 aromatic heterocycles. The van der Waals surface area contributed by atoms with Crippen LogP contribution in [0.3, 0.4) is 0 Å². The Morgan fingerprint density at radius 2 is 1.84 bits per heavy atom. The van der Waals surface area contributed by atoms with Crippen LogP contribution in [0, 0.1) is 0 Å². The molecule has 3 nitrogen and oxygen atoms in total. The summed E-state index contributed by atoms with van der Waals surface area (Å²) in [5.74, 6) is -0.253. The maximum Gasteiger partial charge on any atom is 0.334 e. The monoisotopic (exact) mass is 364 g/mol. The van der Waals surface area contributed by atoms with Crippen molar-refractivity contribution >= 4 is 14.3 Å². The fourth-order valence-electron chi connectivity index (χ4n) is 2.61. The molecule has 1 aliphatic rings. The number of hydrogen-bond acceptors (Lipinski definition) is 3. The smallest absolute Gasteiger partial charge is 0.334 e. The van der Waals surface area contributed by atoms with Crippen LogP contribution in [0.15, 0.2) is 35.5 Å². The molecule has 0 fully saturated rings. The lowest BCUT2D eigenvalue weighted by atomic mass is 9.97. The van der Waals surface area contributed by atoms with Gasteiger partial charge in [-0.05, 0) is 30.1 Å².